The Labute approximate surface area is 230 Å². The normalized spacial score (nSPS) is 10.8. The number of benzene rings is 5. The molecule has 5 aromatic rings. The molecule has 0 saturated carbocycles. The lowest BCUT2D eigenvalue weighted by Crippen LogP contribution is -2.14. The van der Waals surface area contributed by atoms with Gasteiger partial charge in [0.2, 0.25) is 0 Å². The van der Waals surface area contributed by atoms with Gasteiger partial charge in [-0.2, -0.15) is 0 Å². The van der Waals surface area contributed by atoms with Crippen LogP contribution in [0.25, 0.3) is 0 Å². The van der Waals surface area contributed by atoms with Crippen LogP contribution in [0.1, 0.15) is 0 Å². The van der Waals surface area contributed by atoms with Gasteiger partial charge in [0.15, 0.2) is 0 Å². The molecule has 178 valence electrons. The quantitative estimate of drug-likeness (QED) is 0.208. The predicted octanol–water partition coefficient (Wildman–Crippen LogP) is 11.2. The van der Waals surface area contributed by atoms with E-state index < -0.39 is 0 Å². The van der Waals surface area contributed by atoms with Crippen molar-refractivity contribution in [3.05, 3.63) is 141 Å². The molecular weight excluding hydrogens is 530 g/mol. The summed E-state index contributed by atoms with van der Waals surface area (Å²) in [5.74, 6) is 0. The minimum Gasteiger partial charge on any atom is -0.307 e. The van der Waals surface area contributed by atoms with E-state index in [0.29, 0.717) is 20.1 Å². The molecule has 0 aliphatic heterocycles. The number of para-hydroxylation sites is 4. The maximum absolute atomic E-state index is 6.68. The Morgan fingerprint density at radius 3 is 0.889 bits per heavy atom. The molecule has 0 N–H and O–H groups in total. The van der Waals surface area contributed by atoms with Crippen LogP contribution in [0.4, 0.5) is 34.1 Å². The fourth-order valence-corrected chi connectivity index (χ4v) is 5.00. The molecule has 0 aliphatic carbocycles. The van der Waals surface area contributed by atoms with Crippen molar-refractivity contribution in [3.8, 4) is 0 Å². The van der Waals surface area contributed by atoms with Crippen LogP contribution >= 0.6 is 46.4 Å². The molecule has 0 saturated heterocycles. The lowest BCUT2D eigenvalue weighted by atomic mass is 10.1. The van der Waals surface area contributed by atoms with Crippen molar-refractivity contribution in [1.29, 1.82) is 0 Å². The molecule has 0 heterocycles. The number of nitrogens with zero attached hydrogens (tertiary/aromatic N) is 2. The van der Waals surface area contributed by atoms with Crippen LogP contribution < -0.4 is 9.80 Å². The van der Waals surface area contributed by atoms with Crippen molar-refractivity contribution in [2.24, 2.45) is 0 Å². The van der Waals surface area contributed by atoms with Crippen LogP contribution in [-0.2, 0) is 0 Å². The monoisotopic (exact) mass is 548 g/mol. The Balaban J connectivity index is 1.73. The van der Waals surface area contributed by atoms with Gasteiger partial charge in [0.25, 0.3) is 0 Å². The van der Waals surface area contributed by atoms with E-state index in [1.807, 2.05) is 125 Å². The number of hydrogen-bond donors (Lipinski definition) is 0. The Morgan fingerprint density at radius 1 is 0.333 bits per heavy atom. The zero-order valence-corrected chi connectivity index (χ0v) is 22.0. The summed E-state index contributed by atoms with van der Waals surface area (Å²) in [6.07, 6.45) is 0. The van der Waals surface area contributed by atoms with Crippen molar-refractivity contribution in [3.63, 3.8) is 0 Å². The smallest absolute Gasteiger partial charge is 0.0648 e. The number of rotatable bonds is 6. The zero-order chi connectivity index (χ0) is 25.1. The second-order valence-corrected chi connectivity index (χ2v) is 9.63. The SMILES string of the molecule is Clc1ccccc1N(c1cccc(N(c2ccccc2Cl)c2ccccc2Cl)c1)c1ccccc1Cl. The van der Waals surface area contributed by atoms with Crippen molar-refractivity contribution < 1.29 is 0 Å². The molecule has 0 atom stereocenters. The van der Waals surface area contributed by atoms with Gasteiger partial charge in [-0.15, -0.1) is 0 Å². The van der Waals surface area contributed by atoms with E-state index in [1.165, 1.54) is 0 Å². The Hall–Kier alpha value is -3.14. The molecule has 0 aromatic heterocycles. The standard InChI is InChI=1S/C30H20Cl4N2/c31-23-12-1-5-16-27(23)35(28-17-6-2-13-24(28)32)21-10-9-11-22(20-21)36(29-18-7-3-14-25(29)33)30-19-8-4-15-26(30)34/h1-20H. The fraction of sp³-hybridized carbons (Fsp3) is 0. The molecule has 36 heavy (non-hydrogen) atoms. The molecule has 0 bridgehead atoms. The van der Waals surface area contributed by atoms with Crippen LogP contribution in [0, 0.1) is 0 Å². The molecule has 5 rings (SSSR count). The molecule has 0 aliphatic rings. The van der Waals surface area contributed by atoms with Gasteiger partial charge in [0.05, 0.1) is 42.8 Å². The van der Waals surface area contributed by atoms with Gasteiger partial charge in [-0.05, 0) is 66.7 Å². The maximum Gasteiger partial charge on any atom is 0.0648 e. The van der Waals surface area contributed by atoms with Crippen LogP contribution in [0.3, 0.4) is 0 Å². The molecule has 6 heteroatoms. The van der Waals surface area contributed by atoms with E-state index in [2.05, 4.69) is 6.07 Å². The van der Waals surface area contributed by atoms with Gasteiger partial charge in [-0.25, -0.2) is 0 Å². The fourth-order valence-electron chi connectivity index (χ4n) is 4.12. The first-order valence-corrected chi connectivity index (χ1v) is 12.7. The van der Waals surface area contributed by atoms with E-state index in [0.717, 1.165) is 34.1 Å². The lowest BCUT2D eigenvalue weighted by Gasteiger charge is -2.30. The van der Waals surface area contributed by atoms with E-state index in [4.69, 9.17) is 46.4 Å². The highest BCUT2D eigenvalue weighted by Crippen LogP contribution is 2.46. The van der Waals surface area contributed by atoms with Crippen molar-refractivity contribution in [2.75, 3.05) is 9.80 Å². The second-order valence-electron chi connectivity index (χ2n) is 8.00. The van der Waals surface area contributed by atoms with Crippen molar-refractivity contribution >= 4 is 80.5 Å². The molecular formula is C30H20Cl4N2. The van der Waals surface area contributed by atoms with Crippen LogP contribution in [0.5, 0.6) is 0 Å². The average Bonchev–Trinajstić information content (AvgIpc) is 2.89. The highest BCUT2D eigenvalue weighted by atomic mass is 35.5. The van der Waals surface area contributed by atoms with E-state index in [1.54, 1.807) is 0 Å². The van der Waals surface area contributed by atoms with E-state index >= 15 is 0 Å². The van der Waals surface area contributed by atoms with Gasteiger partial charge in [-0.3, -0.25) is 0 Å². The first kappa shape index (κ1) is 24.5. The summed E-state index contributed by atoms with van der Waals surface area (Å²) < 4.78 is 0. The van der Waals surface area contributed by atoms with E-state index in [9.17, 15) is 0 Å². The molecule has 0 amide bonds. The first-order valence-electron chi connectivity index (χ1n) is 11.2. The summed E-state index contributed by atoms with van der Waals surface area (Å²) >= 11 is 26.7. The predicted molar refractivity (Wildman–Crippen MR) is 156 cm³/mol. The summed E-state index contributed by atoms with van der Waals surface area (Å²) in [6.45, 7) is 0. The Kier molecular flexibility index (Phi) is 7.41. The summed E-state index contributed by atoms with van der Waals surface area (Å²) in [7, 11) is 0. The highest BCUT2D eigenvalue weighted by molar-refractivity contribution is 6.36. The highest BCUT2D eigenvalue weighted by Gasteiger charge is 2.21. The second kappa shape index (κ2) is 10.9. The number of anilines is 6. The van der Waals surface area contributed by atoms with Gasteiger partial charge in [0, 0.05) is 11.4 Å². The van der Waals surface area contributed by atoms with Gasteiger partial charge >= 0.3 is 0 Å². The summed E-state index contributed by atoms with van der Waals surface area (Å²) in [5.41, 5.74) is 4.99. The number of halogens is 4. The Bertz CT molecular complexity index is 1320. The van der Waals surface area contributed by atoms with Crippen LogP contribution in [-0.4, -0.2) is 0 Å². The summed E-state index contributed by atoms with van der Waals surface area (Å²) in [6, 6.07) is 38.9. The molecule has 5 aromatic carbocycles. The minimum absolute atomic E-state index is 0.608. The van der Waals surface area contributed by atoms with Gasteiger partial charge in [-0.1, -0.05) is 101 Å². The summed E-state index contributed by atoms with van der Waals surface area (Å²) in [5, 5.41) is 2.43. The Morgan fingerprint density at radius 2 is 0.611 bits per heavy atom. The maximum atomic E-state index is 6.68. The third-order valence-electron chi connectivity index (χ3n) is 5.72. The third-order valence-corrected chi connectivity index (χ3v) is 7.00. The molecule has 0 radical (unpaired) electrons. The van der Waals surface area contributed by atoms with Gasteiger partial charge in [0.1, 0.15) is 0 Å². The van der Waals surface area contributed by atoms with Crippen molar-refractivity contribution in [1.82, 2.24) is 0 Å². The molecule has 0 unspecified atom stereocenters. The minimum atomic E-state index is 0.608. The molecule has 0 fully saturated rings. The molecule has 0 spiro atoms. The van der Waals surface area contributed by atoms with Crippen molar-refractivity contribution in [2.45, 2.75) is 0 Å². The van der Waals surface area contributed by atoms with Gasteiger partial charge < -0.3 is 9.80 Å². The van der Waals surface area contributed by atoms with Crippen LogP contribution in [0.15, 0.2) is 121 Å². The first-order chi connectivity index (χ1) is 17.5. The lowest BCUT2D eigenvalue weighted by molar-refractivity contribution is 1.25. The largest absolute Gasteiger partial charge is 0.307 e. The summed E-state index contributed by atoms with van der Waals surface area (Å²) in [4.78, 5) is 4.09. The zero-order valence-electron chi connectivity index (χ0n) is 19.0. The molecule has 2 nitrogen and oxygen atoms in total. The van der Waals surface area contributed by atoms with E-state index in [-0.39, 0.29) is 0 Å². The average molecular weight is 550 g/mol. The topological polar surface area (TPSA) is 6.48 Å². The number of hydrogen-bond acceptors (Lipinski definition) is 2. The third kappa shape index (κ3) is 4.91. The van der Waals surface area contributed by atoms with Crippen LogP contribution in [0.2, 0.25) is 20.1 Å².